The molecule has 1 unspecified atom stereocenters. The lowest BCUT2D eigenvalue weighted by molar-refractivity contribution is 0.552. The van der Waals surface area contributed by atoms with Gasteiger partial charge in [-0.1, -0.05) is 15.9 Å². The van der Waals surface area contributed by atoms with Gasteiger partial charge in [0.15, 0.2) is 0 Å². The molecule has 0 spiro atoms. The summed E-state index contributed by atoms with van der Waals surface area (Å²) >= 11 is 3.05. The maximum atomic E-state index is 13.4. The number of nitrogens with two attached hydrogens (primary N) is 1. The summed E-state index contributed by atoms with van der Waals surface area (Å²) in [6.45, 7) is 1.72. The van der Waals surface area contributed by atoms with Gasteiger partial charge in [-0.2, -0.15) is 0 Å². The van der Waals surface area contributed by atoms with Crippen molar-refractivity contribution in [3.63, 3.8) is 0 Å². The second kappa shape index (κ2) is 5.22. The Bertz CT molecular complexity index is 476. The van der Waals surface area contributed by atoms with Crippen LogP contribution in [-0.2, 0) is 10.0 Å². The third-order valence-corrected chi connectivity index (χ3v) is 3.73. The number of nitrogens with one attached hydrogen (secondary N) is 1. The standard InChI is InChI=1S/C9H12BrFN2O2S/c1-6(12)5-13-16(14,15)9-3-2-7(10)4-8(9)11/h2-4,6,13H,5,12H2,1H3. The summed E-state index contributed by atoms with van der Waals surface area (Å²) in [5.41, 5.74) is 5.41. The normalized spacial score (nSPS) is 13.8. The number of benzene rings is 1. The lowest BCUT2D eigenvalue weighted by Crippen LogP contribution is -2.35. The molecule has 0 radical (unpaired) electrons. The molecule has 0 saturated heterocycles. The highest BCUT2D eigenvalue weighted by atomic mass is 79.9. The molecule has 0 heterocycles. The fraction of sp³-hybridized carbons (Fsp3) is 0.333. The van der Waals surface area contributed by atoms with Crippen molar-refractivity contribution in [2.24, 2.45) is 5.73 Å². The molecule has 0 aliphatic heterocycles. The van der Waals surface area contributed by atoms with E-state index in [0.717, 1.165) is 6.07 Å². The van der Waals surface area contributed by atoms with Crippen LogP contribution in [0.25, 0.3) is 0 Å². The summed E-state index contributed by atoms with van der Waals surface area (Å²) in [5, 5.41) is 0. The van der Waals surface area contributed by atoms with Crippen LogP contribution in [0.15, 0.2) is 27.6 Å². The minimum Gasteiger partial charge on any atom is -0.327 e. The van der Waals surface area contributed by atoms with Crippen molar-refractivity contribution in [2.45, 2.75) is 17.9 Å². The van der Waals surface area contributed by atoms with E-state index in [2.05, 4.69) is 20.7 Å². The summed E-state index contributed by atoms with van der Waals surface area (Å²) in [6, 6.07) is 3.43. The van der Waals surface area contributed by atoms with Gasteiger partial charge in [0.2, 0.25) is 10.0 Å². The lowest BCUT2D eigenvalue weighted by Gasteiger charge is -2.09. The van der Waals surface area contributed by atoms with E-state index in [1.165, 1.54) is 12.1 Å². The minimum absolute atomic E-state index is 0.0673. The predicted octanol–water partition coefficient (Wildman–Crippen LogP) is 1.21. The maximum absolute atomic E-state index is 13.4. The highest BCUT2D eigenvalue weighted by molar-refractivity contribution is 9.10. The molecule has 0 saturated carbocycles. The molecule has 1 aromatic carbocycles. The van der Waals surface area contributed by atoms with Crippen molar-refractivity contribution in [3.8, 4) is 0 Å². The molecule has 3 N–H and O–H groups in total. The van der Waals surface area contributed by atoms with Gasteiger partial charge in [0.05, 0.1) is 0 Å². The molecule has 90 valence electrons. The van der Waals surface area contributed by atoms with E-state index in [1.807, 2.05) is 0 Å². The molecule has 1 atom stereocenters. The first kappa shape index (κ1) is 13.6. The molecule has 0 aromatic heterocycles. The number of sulfonamides is 1. The number of hydrogen-bond acceptors (Lipinski definition) is 3. The van der Waals surface area contributed by atoms with Crippen LogP contribution in [0.4, 0.5) is 4.39 Å². The van der Waals surface area contributed by atoms with E-state index in [4.69, 9.17) is 5.73 Å². The van der Waals surface area contributed by atoms with E-state index < -0.39 is 15.8 Å². The Labute approximate surface area is 102 Å². The topological polar surface area (TPSA) is 72.2 Å². The fourth-order valence-corrected chi connectivity index (χ4v) is 2.55. The number of halogens is 2. The first-order valence-corrected chi connectivity index (χ1v) is 6.81. The molecule has 4 nitrogen and oxygen atoms in total. The van der Waals surface area contributed by atoms with Crippen molar-refractivity contribution >= 4 is 26.0 Å². The van der Waals surface area contributed by atoms with Crippen molar-refractivity contribution in [1.82, 2.24) is 4.72 Å². The quantitative estimate of drug-likeness (QED) is 0.878. The van der Waals surface area contributed by atoms with Crippen molar-refractivity contribution in [1.29, 1.82) is 0 Å². The monoisotopic (exact) mass is 310 g/mol. The third kappa shape index (κ3) is 3.51. The molecule has 0 aliphatic rings. The Balaban J connectivity index is 2.99. The Morgan fingerprint density at radius 2 is 2.19 bits per heavy atom. The van der Waals surface area contributed by atoms with Crippen LogP contribution in [-0.4, -0.2) is 21.0 Å². The van der Waals surface area contributed by atoms with E-state index in [0.29, 0.717) is 4.47 Å². The van der Waals surface area contributed by atoms with Crippen LogP contribution in [0.1, 0.15) is 6.92 Å². The van der Waals surface area contributed by atoms with E-state index >= 15 is 0 Å². The third-order valence-electron chi connectivity index (χ3n) is 1.78. The van der Waals surface area contributed by atoms with Gasteiger partial charge in [-0.25, -0.2) is 17.5 Å². The predicted molar refractivity (Wildman–Crippen MR) is 62.9 cm³/mol. The Hall–Kier alpha value is -0.500. The van der Waals surface area contributed by atoms with Crippen molar-refractivity contribution < 1.29 is 12.8 Å². The zero-order chi connectivity index (χ0) is 12.3. The lowest BCUT2D eigenvalue weighted by atomic mass is 10.3. The average Bonchev–Trinajstić information content (AvgIpc) is 2.14. The van der Waals surface area contributed by atoms with Gasteiger partial charge in [0.25, 0.3) is 0 Å². The highest BCUT2D eigenvalue weighted by Gasteiger charge is 2.18. The number of hydrogen-bond donors (Lipinski definition) is 2. The van der Waals surface area contributed by atoms with Crippen LogP contribution in [0.2, 0.25) is 0 Å². The second-order valence-electron chi connectivity index (χ2n) is 3.40. The largest absolute Gasteiger partial charge is 0.327 e. The molecule has 0 aliphatic carbocycles. The summed E-state index contributed by atoms with van der Waals surface area (Å²) in [4.78, 5) is -0.378. The molecule has 1 aromatic rings. The van der Waals surface area contributed by atoms with Gasteiger partial charge < -0.3 is 5.73 Å². The summed E-state index contributed by atoms with van der Waals surface area (Å²) < 4.78 is 39.4. The molecule has 7 heteroatoms. The molecular weight excluding hydrogens is 299 g/mol. The average molecular weight is 311 g/mol. The first-order valence-electron chi connectivity index (χ1n) is 4.53. The highest BCUT2D eigenvalue weighted by Crippen LogP contribution is 2.18. The fourth-order valence-electron chi connectivity index (χ4n) is 1.01. The van der Waals surface area contributed by atoms with Crippen molar-refractivity contribution in [2.75, 3.05) is 6.54 Å². The van der Waals surface area contributed by atoms with Crippen LogP contribution in [0, 0.1) is 5.82 Å². The van der Waals surface area contributed by atoms with Crippen LogP contribution in [0.5, 0.6) is 0 Å². The van der Waals surface area contributed by atoms with Crippen LogP contribution in [0.3, 0.4) is 0 Å². The molecule has 16 heavy (non-hydrogen) atoms. The van der Waals surface area contributed by atoms with Gasteiger partial charge in [-0.15, -0.1) is 0 Å². The zero-order valence-electron chi connectivity index (χ0n) is 8.57. The second-order valence-corrected chi connectivity index (χ2v) is 6.05. The number of rotatable bonds is 4. The Morgan fingerprint density at radius 3 is 2.69 bits per heavy atom. The summed E-state index contributed by atoms with van der Waals surface area (Å²) in [5.74, 6) is -0.799. The van der Waals surface area contributed by atoms with Gasteiger partial charge in [0.1, 0.15) is 10.7 Å². The smallest absolute Gasteiger partial charge is 0.243 e. The van der Waals surface area contributed by atoms with Gasteiger partial charge in [0, 0.05) is 17.1 Å². The summed E-state index contributed by atoms with van der Waals surface area (Å²) in [7, 11) is -3.83. The Kier molecular flexibility index (Phi) is 4.43. The van der Waals surface area contributed by atoms with Crippen molar-refractivity contribution in [3.05, 3.63) is 28.5 Å². The van der Waals surface area contributed by atoms with Gasteiger partial charge in [-0.3, -0.25) is 0 Å². The van der Waals surface area contributed by atoms with Crippen LogP contribution < -0.4 is 10.5 Å². The molecule has 1 rings (SSSR count). The zero-order valence-corrected chi connectivity index (χ0v) is 11.0. The minimum atomic E-state index is -3.83. The molecular formula is C9H12BrFN2O2S. The van der Waals surface area contributed by atoms with E-state index in [9.17, 15) is 12.8 Å². The van der Waals surface area contributed by atoms with Gasteiger partial charge >= 0.3 is 0 Å². The maximum Gasteiger partial charge on any atom is 0.243 e. The summed E-state index contributed by atoms with van der Waals surface area (Å²) in [6.07, 6.45) is 0. The Morgan fingerprint density at radius 1 is 1.56 bits per heavy atom. The molecule has 0 fully saturated rings. The SMILES string of the molecule is CC(N)CNS(=O)(=O)c1ccc(Br)cc1F. The van der Waals surface area contributed by atoms with Crippen LogP contribution >= 0.6 is 15.9 Å². The first-order chi connectivity index (χ1) is 7.33. The van der Waals surface area contributed by atoms with E-state index in [-0.39, 0.29) is 17.5 Å². The van der Waals surface area contributed by atoms with Gasteiger partial charge in [-0.05, 0) is 25.1 Å². The molecule has 0 amide bonds. The van der Waals surface area contributed by atoms with E-state index in [1.54, 1.807) is 6.92 Å². The molecule has 0 bridgehead atoms.